The van der Waals surface area contributed by atoms with Crippen molar-refractivity contribution < 1.29 is 21.6 Å². The maximum atomic E-state index is 13.0. The van der Waals surface area contributed by atoms with Gasteiger partial charge < -0.3 is 5.32 Å². The average molecular weight is 417 g/mol. The quantitative estimate of drug-likeness (QED) is 0.775. The van der Waals surface area contributed by atoms with Crippen molar-refractivity contribution in [1.82, 2.24) is 5.32 Å². The van der Waals surface area contributed by atoms with E-state index in [1.54, 1.807) is 31.3 Å². The molecule has 0 saturated heterocycles. The minimum Gasteiger partial charge on any atom is -0.384 e. The van der Waals surface area contributed by atoms with Gasteiger partial charge in [-0.15, -0.1) is 0 Å². The van der Waals surface area contributed by atoms with Crippen LogP contribution in [0.1, 0.15) is 21.5 Å². The highest BCUT2D eigenvalue weighted by atomic mass is 32.2. The third-order valence-electron chi connectivity index (χ3n) is 4.42. The molecule has 8 nitrogen and oxygen atoms in total. The molecular formula is C18H15N3O5S2. The van der Waals surface area contributed by atoms with Gasteiger partial charge >= 0.3 is 0 Å². The molecule has 28 heavy (non-hydrogen) atoms. The smallest absolute Gasteiger partial charge is 0.283 e. The number of anilines is 1. The SMILES string of the molecule is CNC1=C(c2cccc(NS(C)(=O)=O)c2)C2=NS(=O)(=O)c3cccc(c32)C1=O. The summed E-state index contributed by atoms with van der Waals surface area (Å²) in [4.78, 5) is 13.0. The average Bonchev–Trinajstić information content (AvgIpc) is 2.88. The van der Waals surface area contributed by atoms with E-state index in [-0.39, 0.29) is 38.9 Å². The summed E-state index contributed by atoms with van der Waals surface area (Å²) < 4.78 is 54.4. The Morgan fingerprint density at radius 3 is 2.46 bits per heavy atom. The zero-order valence-corrected chi connectivity index (χ0v) is 16.5. The van der Waals surface area contributed by atoms with Gasteiger partial charge in [-0.05, 0) is 23.8 Å². The molecule has 0 bridgehead atoms. The van der Waals surface area contributed by atoms with E-state index in [9.17, 15) is 21.6 Å². The van der Waals surface area contributed by atoms with Gasteiger partial charge in [0.15, 0.2) is 0 Å². The normalized spacial score (nSPS) is 17.2. The third kappa shape index (κ3) is 2.81. The number of carbonyl (C=O) groups excluding carboxylic acids is 1. The molecule has 2 N–H and O–H groups in total. The molecule has 0 spiro atoms. The lowest BCUT2D eigenvalue weighted by atomic mass is 9.83. The Morgan fingerprint density at radius 1 is 1.07 bits per heavy atom. The minimum atomic E-state index is -3.92. The van der Waals surface area contributed by atoms with Crippen LogP contribution in [0.5, 0.6) is 0 Å². The Labute approximate surface area is 162 Å². The topological polar surface area (TPSA) is 122 Å². The number of allylic oxidation sites excluding steroid dienone is 2. The Hall–Kier alpha value is -2.98. The summed E-state index contributed by atoms with van der Waals surface area (Å²) in [7, 11) is -5.87. The molecule has 0 radical (unpaired) electrons. The summed E-state index contributed by atoms with van der Waals surface area (Å²) in [6.45, 7) is 0. The van der Waals surface area contributed by atoms with Crippen molar-refractivity contribution in [3.8, 4) is 0 Å². The molecular weight excluding hydrogens is 402 g/mol. The molecule has 2 aliphatic rings. The molecule has 0 fully saturated rings. The van der Waals surface area contributed by atoms with Gasteiger partial charge in [0.2, 0.25) is 15.8 Å². The Balaban J connectivity index is 2.00. The van der Waals surface area contributed by atoms with Crippen molar-refractivity contribution in [1.29, 1.82) is 0 Å². The van der Waals surface area contributed by atoms with Crippen LogP contribution < -0.4 is 10.0 Å². The third-order valence-corrected chi connectivity index (χ3v) is 6.34. The number of carbonyl (C=O) groups is 1. The summed E-state index contributed by atoms with van der Waals surface area (Å²) in [6.07, 6.45) is 1.03. The number of sulfonamides is 2. The van der Waals surface area contributed by atoms with Gasteiger partial charge in [-0.2, -0.15) is 12.8 Å². The predicted octanol–water partition coefficient (Wildman–Crippen LogP) is 1.38. The molecule has 10 heteroatoms. The monoisotopic (exact) mass is 417 g/mol. The molecule has 2 aromatic rings. The number of hydrogen-bond donors (Lipinski definition) is 2. The van der Waals surface area contributed by atoms with E-state index in [0.29, 0.717) is 11.1 Å². The van der Waals surface area contributed by atoms with Crippen molar-refractivity contribution >= 4 is 42.8 Å². The Morgan fingerprint density at radius 2 is 1.79 bits per heavy atom. The standard InChI is InChI=1S/C18H15N3O5S2/c1-19-17-14(10-5-3-6-11(9-10)20-27(2,23)24)16-15-12(18(17)22)7-4-8-13(15)28(25,26)21-16/h3-9,19-20H,1-2H3. The number of nitrogens with zero attached hydrogens (tertiary/aromatic N) is 1. The molecule has 0 saturated carbocycles. The zero-order chi connectivity index (χ0) is 20.3. The van der Waals surface area contributed by atoms with Crippen LogP contribution in [0, 0.1) is 0 Å². The van der Waals surface area contributed by atoms with Gasteiger partial charge in [0.25, 0.3) is 10.0 Å². The first-order valence-electron chi connectivity index (χ1n) is 8.16. The number of ketones is 1. The highest BCUT2D eigenvalue weighted by Gasteiger charge is 2.40. The molecule has 4 rings (SSSR count). The minimum absolute atomic E-state index is 0.00795. The number of nitrogens with one attached hydrogen (secondary N) is 2. The largest absolute Gasteiger partial charge is 0.384 e. The van der Waals surface area contributed by atoms with E-state index >= 15 is 0 Å². The van der Waals surface area contributed by atoms with Crippen molar-refractivity contribution in [2.45, 2.75) is 4.90 Å². The first kappa shape index (κ1) is 18.4. The number of benzene rings is 2. The second-order valence-electron chi connectivity index (χ2n) is 6.38. The van der Waals surface area contributed by atoms with Crippen LogP contribution in [0.4, 0.5) is 5.69 Å². The van der Waals surface area contributed by atoms with Crippen LogP contribution in [-0.4, -0.2) is 41.6 Å². The fraction of sp³-hybridized carbons (Fsp3) is 0.111. The van der Waals surface area contributed by atoms with E-state index < -0.39 is 20.0 Å². The van der Waals surface area contributed by atoms with Gasteiger partial charge in [-0.3, -0.25) is 9.52 Å². The van der Waals surface area contributed by atoms with Gasteiger partial charge in [-0.25, -0.2) is 8.42 Å². The van der Waals surface area contributed by atoms with Crippen molar-refractivity contribution in [3.63, 3.8) is 0 Å². The van der Waals surface area contributed by atoms with Crippen LogP contribution in [-0.2, 0) is 20.0 Å². The first-order chi connectivity index (χ1) is 13.1. The van der Waals surface area contributed by atoms with Crippen LogP contribution in [0.25, 0.3) is 5.57 Å². The Bertz CT molecular complexity index is 1320. The molecule has 0 unspecified atom stereocenters. The lowest BCUT2D eigenvalue weighted by molar-refractivity contribution is 0.102. The summed E-state index contributed by atoms with van der Waals surface area (Å²) in [5.41, 5.74) is 1.96. The summed E-state index contributed by atoms with van der Waals surface area (Å²) in [6, 6.07) is 10.9. The second kappa shape index (κ2) is 6.01. The molecule has 1 heterocycles. The Kier molecular flexibility index (Phi) is 3.95. The zero-order valence-electron chi connectivity index (χ0n) is 14.8. The van der Waals surface area contributed by atoms with E-state index in [0.717, 1.165) is 6.26 Å². The summed E-state index contributed by atoms with van der Waals surface area (Å²) in [5, 5.41) is 2.84. The maximum absolute atomic E-state index is 13.0. The number of hydrogen-bond acceptors (Lipinski definition) is 6. The molecule has 0 aromatic heterocycles. The number of likely N-dealkylation sites (N-methyl/N-ethyl adjacent to an activating group) is 1. The molecule has 144 valence electrons. The lowest BCUT2D eigenvalue weighted by Gasteiger charge is -2.22. The van der Waals surface area contributed by atoms with E-state index in [1.165, 1.54) is 18.2 Å². The van der Waals surface area contributed by atoms with Gasteiger partial charge in [0.05, 0.1) is 22.6 Å². The van der Waals surface area contributed by atoms with Gasteiger partial charge in [0.1, 0.15) is 0 Å². The molecule has 0 atom stereocenters. The van der Waals surface area contributed by atoms with Crippen LogP contribution in [0.3, 0.4) is 0 Å². The van der Waals surface area contributed by atoms with Crippen LogP contribution in [0.15, 0.2) is 57.5 Å². The molecule has 1 aliphatic carbocycles. The fourth-order valence-electron chi connectivity index (χ4n) is 3.40. The molecule has 2 aromatic carbocycles. The van der Waals surface area contributed by atoms with Gasteiger partial charge in [-0.1, -0.05) is 24.3 Å². The molecule has 0 amide bonds. The van der Waals surface area contributed by atoms with Gasteiger partial charge in [0, 0.05) is 29.4 Å². The van der Waals surface area contributed by atoms with Crippen molar-refractivity contribution in [3.05, 3.63) is 64.9 Å². The number of rotatable bonds is 4. The summed E-state index contributed by atoms with van der Waals surface area (Å²) in [5.74, 6) is -0.355. The van der Waals surface area contributed by atoms with E-state index in [2.05, 4.69) is 14.4 Å². The lowest BCUT2D eigenvalue weighted by Crippen LogP contribution is -2.27. The van der Waals surface area contributed by atoms with Crippen LogP contribution in [0.2, 0.25) is 0 Å². The van der Waals surface area contributed by atoms with E-state index in [4.69, 9.17) is 0 Å². The van der Waals surface area contributed by atoms with Crippen LogP contribution >= 0.6 is 0 Å². The van der Waals surface area contributed by atoms with Crippen molar-refractivity contribution in [2.24, 2.45) is 4.40 Å². The maximum Gasteiger partial charge on any atom is 0.283 e. The van der Waals surface area contributed by atoms with Crippen molar-refractivity contribution in [2.75, 3.05) is 18.0 Å². The predicted molar refractivity (Wildman–Crippen MR) is 105 cm³/mol. The van der Waals surface area contributed by atoms with E-state index in [1.807, 2.05) is 0 Å². The first-order valence-corrected chi connectivity index (χ1v) is 11.5. The highest BCUT2D eigenvalue weighted by Crippen LogP contribution is 2.40. The molecule has 1 aliphatic heterocycles. The number of Topliss-reactive ketones (excluding diaryl/α,β-unsaturated/α-hetero) is 1. The second-order valence-corrected chi connectivity index (χ2v) is 9.70. The summed E-state index contributed by atoms with van der Waals surface area (Å²) >= 11 is 0. The highest BCUT2D eigenvalue weighted by molar-refractivity contribution is 7.92. The fourth-order valence-corrected chi connectivity index (χ4v) is 5.20.